The van der Waals surface area contributed by atoms with Crippen LogP contribution >= 0.6 is 0 Å². The topological polar surface area (TPSA) is 83.8 Å². The van der Waals surface area contributed by atoms with Crippen molar-refractivity contribution in [1.29, 1.82) is 0 Å². The van der Waals surface area contributed by atoms with Gasteiger partial charge in [0.15, 0.2) is 5.78 Å². The zero-order valence-electron chi connectivity index (χ0n) is 20.7. The smallest absolute Gasteiger partial charge is 0.331 e. The molecule has 0 unspecified atom stereocenters. The Balaban J connectivity index is 1.65. The first kappa shape index (κ1) is 24.6. The molecule has 7 atom stereocenters. The van der Waals surface area contributed by atoms with Gasteiger partial charge in [0.2, 0.25) is 0 Å². The fraction of sp³-hybridized carbons (Fsp3) is 0.517. The Labute approximate surface area is 202 Å². The van der Waals surface area contributed by atoms with Crippen molar-refractivity contribution in [3.05, 3.63) is 65.3 Å². The Morgan fingerprint density at radius 3 is 2.53 bits per heavy atom. The number of aliphatic hydroxyl groups excluding tert-OH is 1. The van der Waals surface area contributed by atoms with E-state index in [1.807, 2.05) is 56.3 Å². The van der Waals surface area contributed by atoms with Crippen LogP contribution in [0.15, 0.2) is 59.7 Å². The number of carbonyl (C=O) groups excluding carboxylic acids is 2. The highest BCUT2D eigenvalue weighted by molar-refractivity contribution is 6.02. The number of aliphatic hydroxyl groups is 2. The Morgan fingerprint density at radius 2 is 1.85 bits per heavy atom. The first-order chi connectivity index (χ1) is 16.0. The molecule has 4 rings (SSSR count). The van der Waals surface area contributed by atoms with Crippen LogP contribution in [-0.4, -0.2) is 39.8 Å². The minimum atomic E-state index is -1.80. The van der Waals surface area contributed by atoms with Crippen molar-refractivity contribution in [1.82, 2.24) is 0 Å². The van der Waals surface area contributed by atoms with Crippen LogP contribution in [0.3, 0.4) is 0 Å². The average Bonchev–Trinajstić information content (AvgIpc) is 3.20. The summed E-state index contributed by atoms with van der Waals surface area (Å²) in [6, 6.07) is 9.41. The lowest BCUT2D eigenvalue weighted by Gasteiger charge is -2.35. The van der Waals surface area contributed by atoms with Gasteiger partial charge in [0.1, 0.15) is 11.7 Å². The maximum absolute atomic E-state index is 13.6. The largest absolute Gasteiger partial charge is 0.458 e. The van der Waals surface area contributed by atoms with Crippen LogP contribution in [0.4, 0.5) is 0 Å². The van der Waals surface area contributed by atoms with E-state index in [1.165, 1.54) is 6.08 Å². The molecule has 1 aromatic carbocycles. The van der Waals surface area contributed by atoms with Gasteiger partial charge in [0.05, 0.1) is 12.0 Å². The molecule has 2 saturated carbocycles. The van der Waals surface area contributed by atoms with Crippen molar-refractivity contribution in [2.75, 3.05) is 0 Å². The molecule has 0 heterocycles. The van der Waals surface area contributed by atoms with Crippen molar-refractivity contribution in [2.45, 2.75) is 65.3 Å². The molecule has 34 heavy (non-hydrogen) atoms. The van der Waals surface area contributed by atoms with E-state index in [0.717, 1.165) is 12.0 Å². The summed E-state index contributed by atoms with van der Waals surface area (Å²) in [5.41, 5.74) is 0.356. The van der Waals surface area contributed by atoms with Gasteiger partial charge >= 0.3 is 5.97 Å². The lowest BCUT2D eigenvalue weighted by Crippen LogP contribution is -2.51. The predicted octanol–water partition coefficient (Wildman–Crippen LogP) is 4.50. The van der Waals surface area contributed by atoms with E-state index in [0.29, 0.717) is 17.1 Å². The third kappa shape index (κ3) is 4.32. The van der Waals surface area contributed by atoms with Crippen LogP contribution in [0, 0.1) is 29.1 Å². The molecule has 2 fully saturated rings. The van der Waals surface area contributed by atoms with Gasteiger partial charge in [-0.1, -0.05) is 63.3 Å². The highest BCUT2D eigenvalue weighted by Crippen LogP contribution is 2.61. The molecule has 0 spiro atoms. The summed E-state index contributed by atoms with van der Waals surface area (Å²) in [4.78, 5) is 26.3. The van der Waals surface area contributed by atoms with Gasteiger partial charge in [0, 0.05) is 6.08 Å². The maximum Gasteiger partial charge on any atom is 0.331 e. The highest BCUT2D eigenvalue weighted by atomic mass is 16.5. The quantitative estimate of drug-likeness (QED) is 0.391. The lowest BCUT2D eigenvalue weighted by molar-refractivity contribution is -0.157. The van der Waals surface area contributed by atoms with Crippen molar-refractivity contribution in [3.63, 3.8) is 0 Å². The van der Waals surface area contributed by atoms with Crippen LogP contribution in [0.25, 0.3) is 6.08 Å². The average molecular weight is 465 g/mol. The molecule has 0 aromatic heterocycles. The molecule has 1 aromatic rings. The Kier molecular flexibility index (Phi) is 6.47. The zero-order chi connectivity index (χ0) is 24.8. The number of hydrogen-bond donors (Lipinski definition) is 2. The van der Waals surface area contributed by atoms with Crippen molar-refractivity contribution < 1.29 is 24.5 Å². The van der Waals surface area contributed by atoms with Crippen LogP contribution in [-0.2, 0) is 14.3 Å². The zero-order valence-corrected chi connectivity index (χ0v) is 20.7. The summed E-state index contributed by atoms with van der Waals surface area (Å²) in [5.74, 6) is -1.52. The van der Waals surface area contributed by atoms with E-state index in [4.69, 9.17) is 4.74 Å². The normalized spacial score (nSPS) is 38.7. The SMILES string of the molecule is CC1=CC[C@H]2[C@@H](/C=C(/C)C(=O)[C@@]3(O)C[C@H](C)[C@H](OC(=O)/C=C/c4ccccc4)[C@H]3[C@H]1O)C2(C)C. The van der Waals surface area contributed by atoms with Gasteiger partial charge < -0.3 is 14.9 Å². The van der Waals surface area contributed by atoms with Gasteiger partial charge in [-0.25, -0.2) is 4.79 Å². The molecular weight excluding hydrogens is 428 g/mol. The van der Waals surface area contributed by atoms with Crippen molar-refractivity contribution in [2.24, 2.45) is 29.1 Å². The summed E-state index contributed by atoms with van der Waals surface area (Å²) < 4.78 is 5.80. The van der Waals surface area contributed by atoms with Gasteiger partial charge in [-0.2, -0.15) is 0 Å². The summed E-state index contributed by atoms with van der Waals surface area (Å²) in [7, 11) is 0. The predicted molar refractivity (Wildman–Crippen MR) is 131 cm³/mol. The van der Waals surface area contributed by atoms with Crippen LogP contribution < -0.4 is 0 Å². The number of ether oxygens (including phenoxy) is 1. The van der Waals surface area contributed by atoms with E-state index in [-0.39, 0.29) is 29.5 Å². The molecule has 2 N–H and O–H groups in total. The van der Waals surface area contributed by atoms with E-state index in [9.17, 15) is 19.8 Å². The summed E-state index contributed by atoms with van der Waals surface area (Å²) >= 11 is 0. The second-order valence-electron chi connectivity index (χ2n) is 11.0. The van der Waals surface area contributed by atoms with Gasteiger partial charge in [-0.05, 0) is 72.6 Å². The van der Waals surface area contributed by atoms with E-state index in [1.54, 1.807) is 13.0 Å². The van der Waals surface area contributed by atoms with Crippen molar-refractivity contribution >= 4 is 17.8 Å². The molecule has 3 aliphatic carbocycles. The first-order valence-electron chi connectivity index (χ1n) is 12.2. The number of hydrogen-bond acceptors (Lipinski definition) is 5. The monoisotopic (exact) mass is 464 g/mol. The number of Topliss-reactive ketones (excluding diaryl/α,β-unsaturated/α-hetero) is 1. The third-order valence-electron chi connectivity index (χ3n) is 8.38. The number of rotatable bonds is 3. The minimum absolute atomic E-state index is 0.0800. The summed E-state index contributed by atoms with van der Waals surface area (Å²) in [6.07, 6.45) is 6.07. The molecule has 0 aliphatic heterocycles. The summed E-state index contributed by atoms with van der Waals surface area (Å²) in [5, 5.41) is 23.1. The Morgan fingerprint density at radius 1 is 1.18 bits per heavy atom. The second kappa shape index (κ2) is 8.94. The van der Waals surface area contributed by atoms with E-state index >= 15 is 0 Å². The molecular formula is C29H36O5. The Hall–Kier alpha value is -2.50. The van der Waals surface area contributed by atoms with E-state index in [2.05, 4.69) is 13.8 Å². The van der Waals surface area contributed by atoms with Crippen LogP contribution in [0.5, 0.6) is 0 Å². The van der Waals surface area contributed by atoms with Crippen LogP contribution in [0.2, 0.25) is 0 Å². The fourth-order valence-electron chi connectivity index (χ4n) is 6.12. The van der Waals surface area contributed by atoms with Crippen molar-refractivity contribution in [3.8, 4) is 0 Å². The standard InChI is InChI=1S/C29H36O5/c1-17-11-13-21-22(28(21,4)5)15-18(2)27(32)29(33)16-19(3)26(24(29)25(17)31)34-23(30)14-12-20-9-7-6-8-10-20/h6-12,14-15,19,21-22,24-26,31,33H,13,16H2,1-5H3/b14-12+,17-11?,18-15-/t19-,21-,22+,24+,25-,26-,29+/m0/s1. The Bertz CT molecular complexity index is 1050. The number of esters is 1. The van der Waals surface area contributed by atoms with Gasteiger partial charge in [0.25, 0.3) is 0 Å². The molecule has 5 heteroatoms. The molecule has 0 bridgehead atoms. The second-order valence-corrected chi connectivity index (χ2v) is 11.0. The van der Waals surface area contributed by atoms with Gasteiger partial charge in [-0.3, -0.25) is 4.79 Å². The maximum atomic E-state index is 13.6. The summed E-state index contributed by atoms with van der Waals surface area (Å²) in [6.45, 7) is 9.81. The van der Waals surface area contributed by atoms with Crippen LogP contribution in [0.1, 0.15) is 53.0 Å². The molecule has 0 amide bonds. The molecule has 5 nitrogen and oxygen atoms in total. The molecule has 0 radical (unpaired) electrons. The highest BCUT2D eigenvalue weighted by Gasteiger charge is 2.61. The number of ketones is 1. The lowest BCUT2D eigenvalue weighted by atomic mass is 9.77. The van der Waals surface area contributed by atoms with E-state index < -0.39 is 29.7 Å². The third-order valence-corrected chi connectivity index (χ3v) is 8.38. The first-order valence-corrected chi connectivity index (χ1v) is 12.2. The fourth-order valence-corrected chi connectivity index (χ4v) is 6.12. The number of benzene rings is 1. The number of fused-ring (bicyclic) bond motifs is 2. The number of allylic oxidation sites excluding steroid dienone is 2. The minimum Gasteiger partial charge on any atom is -0.458 e. The molecule has 3 aliphatic rings. The molecule has 182 valence electrons. The number of carbonyl (C=O) groups is 2. The molecule has 0 saturated heterocycles. The van der Waals surface area contributed by atoms with Gasteiger partial charge in [-0.15, -0.1) is 0 Å².